The molecule has 0 saturated heterocycles. The van der Waals surface area contributed by atoms with Crippen molar-refractivity contribution in [2.45, 2.75) is 13.1 Å². The molecule has 160 valence electrons. The number of carbonyl (C=O) groups excluding carboxylic acids is 1. The molecule has 2 aliphatic rings. The summed E-state index contributed by atoms with van der Waals surface area (Å²) in [5.41, 5.74) is 1.13. The molecule has 0 spiro atoms. The minimum atomic E-state index is -1.08. The second-order valence-electron chi connectivity index (χ2n) is 6.60. The standard InChI is InChI=1S/C21H20N4O5S/c1-3-29-16-10-12(8-9-15(16)30-11-17(26)27)19-22-14-7-5-4-6-13(14)18-20(28)23-21(31-2)24-25(18)19/h4-10,19H,3,11H2,1-2H3,(H,26,27)(H,23,24,28). The van der Waals surface area contributed by atoms with E-state index < -0.39 is 18.7 Å². The first-order valence-corrected chi connectivity index (χ1v) is 10.8. The van der Waals surface area contributed by atoms with Crippen LogP contribution in [0, 0.1) is 0 Å². The molecule has 0 saturated carbocycles. The van der Waals surface area contributed by atoms with E-state index in [-0.39, 0.29) is 5.91 Å². The SMILES string of the molecule is CCOc1cc(C2N=c3ccccc3=C3C(=O)NC(SC)=NN32)ccc1OCC(=O)O. The minimum absolute atomic E-state index is 0.252. The summed E-state index contributed by atoms with van der Waals surface area (Å²) in [6.07, 6.45) is 1.22. The smallest absolute Gasteiger partial charge is 0.341 e. The number of rotatable bonds is 6. The summed E-state index contributed by atoms with van der Waals surface area (Å²) in [6, 6.07) is 12.5. The van der Waals surface area contributed by atoms with Crippen molar-refractivity contribution >= 4 is 34.5 Å². The lowest BCUT2D eigenvalue weighted by Crippen LogP contribution is -2.50. The zero-order valence-corrected chi connectivity index (χ0v) is 17.7. The Morgan fingerprint density at radius 1 is 1.23 bits per heavy atom. The maximum atomic E-state index is 12.9. The fourth-order valence-corrected chi connectivity index (χ4v) is 3.71. The number of nitrogens with one attached hydrogen (secondary N) is 1. The van der Waals surface area contributed by atoms with Crippen LogP contribution in [0.3, 0.4) is 0 Å². The van der Waals surface area contributed by atoms with Crippen LogP contribution in [-0.4, -0.2) is 46.6 Å². The number of amidine groups is 1. The van der Waals surface area contributed by atoms with E-state index in [0.717, 1.165) is 5.56 Å². The Balaban J connectivity index is 1.83. The molecule has 31 heavy (non-hydrogen) atoms. The van der Waals surface area contributed by atoms with Crippen molar-refractivity contribution in [3.63, 3.8) is 0 Å². The van der Waals surface area contributed by atoms with Crippen molar-refractivity contribution in [1.29, 1.82) is 0 Å². The predicted molar refractivity (Wildman–Crippen MR) is 115 cm³/mol. The number of benzene rings is 2. The van der Waals surface area contributed by atoms with Gasteiger partial charge in [0.2, 0.25) is 0 Å². The van der Waals surface area contributed by atoms with Gasteiger partial charge in [-0.2, -0.15) is 0 Å². The van der Waals surface area contributed by atoms with Crippen LogP contribution in [0.1, 0.15) is 18.7 Å². The molecule has 0 bridgehead atoms. The van der Waals surface area contributed by atoms with Crippen LogP contribution in [-0.2, 0) is 9.59 Å². The quantitative estimate of drug-likeness (QED) is 0.691. The number of hydrazone groups is 1. The van der Waals surface area contributed by atoms with E-state index >= 15 is 0 Å². The number of aliphatic carboxylic acids is 1. The second kappa shape index (κ2) is 8.68. The van der Waals surface area contributed by atoms with Crippen molar-refractivity contribution in [2.75, 3.05) is 19.5 Å². The highest BCUT2D eigenvalue weighted by Gasteiger charge is 2.34. The van der Waals surface area contributed by atoms with Gasteiger partial charge in [-0.3, -0.25) is 15.1 Å². The number of fused-ring (bicyclic) bond motifs is 2. The second-order valence-corrected chi connectivity index (χ2v) is 7.39. The van der Waals surface area contributed by atoms with Gasteiger partial charge in [-0.05, 0) is 31.4 Å². The van der Waals surface area contributed by atoms with Gasteiger partial charge in [0.1, 0.15) is 5.70 Å². The van der Waals surface area contributed by atoms with Gasteiger partial charge in [0.15, 0.2) is 29.4 Å². The fourth-order valence-electron chi connectivity index (χ4n) is 3.35. The summed E-state index contributed by atoms with van der Waals surface area (Å²) in [5, 5.41) is 19.8. The summed E-state index contributed by atoms with van der Waals surface area (Å²) in [4.78, 5) is 28.6. The van der Waals surface area contributed by atoms with Gasteiger partial charge < -0.3 is 14.6 Å². The van der Waals surface area contributed by atoms with Crippen molar-refractivity contribution in [3.05, 3.63) is 58.6 Å². The first kappa shape index (κ1) is 20.7. The Labute approximate surface area is 182 Å². The molecule has 2 aliphatic heterocycles. The van der Waals surface area contributed by atoms with Gasteiger partial charge in [-0.1, -0.05) is 36.0 Å². The van der Waals surface area contributed by atoms with Gasteiger partial charge in [0.05, 0.1) is 12.0 Å². The van der Waals surface area contributed by atoms with E-state index in [2.05, 4.69) is 10.4 Å². The molecule has 0 aliphatic carbocycles. The summed E-state index contributed by atoms with van der Waals surface area (Å²) in [7, 11) is 0. The molecule has 2 heterocycles. The first-order chi connectivity index (χ1) is 15.0. The van der Waals surface area contributed by atoms with Crippen LogP contribution in [0.25, 0.3) is 5.70 Å². The molecule has 1 atom stereocenters. The minimum Gasteiger partial charge on any atom is -0.490 e. The molecule has 1 unspecified atom stereocenters. The monoisotopic (exact) mass is 440 g/mol. The molecule has 0 radical (unpaired) electrons. The van der Waals surface area contributed by atoms with Gasteiger partial charge in [0.25, 0.3) is 5.91 Å². The molecule has 0 fully saturated rings. The van der Waals surface area contributed by atoms with E-state index in [9.17, 15) is 9.59 Å². The van der Waals surface area contributed by atoms with Crippen molar-refractivity contribution < 1.29 is 24.2 Å². The largest absolute Gasteiger partial charge is 0.490 e. The Kier molecular flexibility index (Phi) is 5.81. The van der Waals surface area contributed by atoms with Crippen LogP contribution in [0.2, 0.25) is 0 Å². The summed E-state index contributed by atoms with van der Waals surface area (Å²) < 4.78 is 11.0. The van der Waals surface area contributed by atoms with E-state index in [1.165, 1.54) is 11.8 Å². The molecule has 2 aromatic rings. The maximum absolute atomic E-state index is 12.9. The zero-order valence-electron chi connectivity index (χ0n) is 16.9. The van der Waals surface area contributed by atoms with Crippen LogP contribution in [0.15, 0.2) is 52.6 Å². The average Bonchev–Trinajstić information content (AvgIpc) is 2.77. The lowest BCUT2D eigenvalue weighted by Gasteiger charge is -2.34. The predicted octanol–water partition coefficient (Wildman–Crippen LogP) is 1.05. The maximum Gasteiger partial charge on any atom is 0.341 e. The highest BCUT2D eigenvalue weighted by molar-refractivity contribution is 8.13. The number of hydrogen-bond acceptors (Lipinski definition) is 8. The average molecular weight is 440 g/mol. The third-order valence-electron chi connectivity index (χ3n) is 4.63. The van der Waals surface area contributed by atoms with Crippen molar-refractivity contribution in [2.24, 2.45) is 10.1 Å². The van der Waals surface area contributed by atoms with E-state index in [4.69, 9.17) is 19.6 Å². The third kappa shape index (κ3) is 4.06. The summed E-state index contributed by atoms with van der Waals surface area (Å²) in [5.74, 6) is -0.619. The number of hydrogen-bond donors (Lipinski definition) is 2. The van der Waals surface area contributed by atoms with Gasteiger partial charge in [-0.15, -0.1) is 5.10 Å². The summed E-state index contributed by atoms with van der Waals surface area (Å²) in [6.45, 7) is 1.72. The van der Waals surface area contributed by atoms with Crippen LogP contribution < -0.4 is 25.4 Å². The molecular formula is C21H20N4O5S. The Morgan fingerprint density at radius 3 is 2.77 bits per heavy atom. The first-order valence-electron chi connectivity index (χ1n) is 9.53. The van der Waals surface area contributed by atoms with Gasteiger partial charge in [0, 0.05) is 10.8 Å². The molecule has 4 rings (SSSR count). The Bertz CT molecular complexity index is 1200. The highest BCUT2D eigenvalue weighted by Crippen LogP contribution is 2.36. The molecule has 1 amide bonds. The Morgan fingerprint density at radius 2 is 2.03 bits per heavy atom. The van der Waals surface area contributed by atoms with E-state index in [1.54, 1.807) is 23.2 Å². The highest BCUT2D eigenvalue weighted by atomic mass is 32.2. The number of nitrogens with zero attached hydrogens (tertiary/aromatic N) is 3. The van der Waals surface area contributed by atoms with Gasteiger partial charge >= 0.3 is 5.97 Å². The van der Waals surface area contributed by atoms with Crippen LogP contribution >= 0.6 is 11.8 Å². The number of carboxylic acids is 1. The normalized spacial score (nSPS) is 17.0. The van der Waals surface area contributed by atoms with Crippen molar-refractivity contribution in [3.8, 4) is 11.5 Å². The number of para-hydroxylation sites is 1. The lowest BCUT2D eigenvalue weighted by molar-refractivity contribution is -0.139. The lowest BCUT2D eigenvalue weighted by atomic mass is 10.1. The molecule has 0 aromatic heterocycles. The summed E-state index contributed by atoms with van der Waals surface area (Å²) >= 11 is 1.33. The van der Waals surface area contributed by atoms with Crippen LogP contribution in [0.4, 0.5) is 0 Å². The molecule has 10 heteroatoms. The number of amides is 1. The third-order valence-corrected chi connectivity index (χ3v) is 5.20. The van der Waals surface area contributed by atoms with Gasteiger partial charge in [-0.25, -0.2) is 9.80 Å². The zero-order chi connectivity index (χ0) is 22.0. The number of ether oxygens (including phenoxy) is 2. The number of thioether (sulfide) groups is 1. The fraction of sp³-hybridized carbons (Fsp3) is 0.238. The molecule has 2 aromatic carbocycles. The topological polar surface area (TPSA) is 113 Å². The van der Waals surface area contributed by atoms with E-state index in [0.29, 0.717) is 39.5 Å². The molecular weight excluding hydrogens is 420 g/mol. The van der Waals surface area contributed by atoms with E-state index in [1.807, 2.05) is 37.4 Å². The van der Waals surface area contributed by atoms with Crippen LogP contribution in [0.5, 0.6) is 11.5 Å². The molecule has 9 nitrogen and oxygen atoms in total. The molecule has 2 N–H and O–H groups in total. The number of carbonyl (C=O) groups is 2. The number of carboxylic acid groups (broad SMARTS) is 1. The Hall–Kier alpha value is -3.53. The van der Waals surface area contributed by atoms with Crippen molar-refractivity contribution in [1.82, 2.24) is 10.3 Å².